The first-order valence-electron chi connectivity index (χ1n) is 7.04. The molecule has 0 unspecified atom stereocenters. The van der Waals surface area contributed by atoms with Crippen molar-refractivity contribution in [2.75, 3.05) is 13.1 Å². The van der Waals surface area contributed by atoms with Crippen LogP contribution in [-0.4, -0.2) is 25.8 Å². The zero-order chi connectivity index (χ0) is 16.0. The first-order valence-corrected chi connectivity index (χ1v) is 8.48. The number of hydrogen-bond donors (Lipinski definition) is 1. The molecular weight excluding hydrogens is 339 g/mol. The average Bonchev–Trinajstić information content (AvgIpc) is 2.52. The minimum Gasteiger partial charge on any atom is -0.330 e. The average molecular weight is 359 g/mol. The van der Waals surface area contributed by atoms with Gasteiger partial charge in [0.1, 0.15) is 5.82 Å². The van der Waals surface area contributed by atoms with Crippen molar-refractivity contribution >= 4 is 22.4 Å². The maximum atomic E-state index is 13.3. The van der Waals surface area contributed by atoms with E-state index in [9.17, 15) is 12.8 Å². The molecule has 0 saturated heterocycles. The Labute approximate surface area is 142 Å². The summed E-state index contributed by atoms with van der Waals surface area (Å²) in [5.74, 6) is -0.570. The van der Waals surface area contributed by atoms with Crippen LogP contribution in [0.15, 0.2) is 59.5 Å². The Balaban J connectivity index is 0.00000264. The van der Waals surface area contributed by atoms with Crippen LogP contribution in [-0.2, 0) is 16.6 Å². The van der Waals surface area contributed by atoms with Gasteiger partial charge in [-0.15, -0.1) is 12.4 Å². The highest BCUT2D eigenvalue weighted by atomic mass is 35.5. The van der Waals surface area contributed by atoms with E-state index in [1.165, 1.54) is 22.5 Å². The van der Waals surface area contributed by atoms with Gasteiger partial charge in [-0.3, -0.25) is 0 Å². The zero-order valence-corrected chi connectivity index (χ0v) is 14.2. The molecule has 2 aromatic rings. The van der Waals surface area contributed by atoms with E-state index < -0.39 is 15.8 Å². The molecule has 0 spiro atoms. The first kappa shape index (κ1) is 19.6. The fourth-order valence-corrected chi connectivity index (χ4v) is 3.61. The van der Waals surface area contributed by atoms with Gasteiger partial charge in [-0.1, -0.05) is 36.4 Å². The van der Waals surface area contributed by atoms with E-state index in [1.807, 2.05) is 30.3 Å². The monoisotopic (exact) mass is 358 g/mol. The molecule has 2 N–H and O–H groups in total. The Morgan fingerprint density at radius 3 is 2.35 bits per heavy atom. The van der Waals surface area contributed by atoms with Crippen LogP contribution in [0.3, 0.4) is 0 Å². The largest absolute Gasteiger partial charge is 0.330 e. The molecule has 0 fully saturated rings. The molecule has 0 bridgehead atoms. The summed E-state index contributed by atoms with van der Waals surface area (Å²) in [6.45, 7) is 0.924. The van der Waals surface area contributed by atoms with E-state index in [2.05, 4.69) is 0 Å². The van der Waals surface area contributed by atoms with Crippen molar-refractivity contribution in [3.05, 3.63) is 66.0 Å². The van der Waals surface area contributed by atoms with E-state index in [0.29, 0.717) is 19.5 Å². The second kappa shape index (κ2) is 8.98. The van der Waals surface area contributed by atoms with Crippen LogP contribution in [0.2, 0.25) is 0 Å². The summed E-state index contributed by atoms with van der Waals surface area (Å²) >= 11 is 0. The molecule has 23 heavy (non-hydrogen) atoms. The number of sulfonamides is 1. The van der Waals surface area contributed by atoms with Crippen molar-refractivity contribution in [2.45, 2.75) is 17.9 Å². The summed E-state index contributed by atoms with van der Waals surface area (Å²) < 4.78 is 40.1. The third kappa shape index (κ3) is 5.28. The van der Waals surface area contributed by atoms with Crippen LogP contribution < -0.4 is 5.73 Å². The molecule has 4 nitrogen and oxygen atoms in total. The third-order valence-corrected chi connectivity index (χ3v) is 5.09. The third-order valence-electron chi connectivity index (χ3n) is 3.25. The Bertz CT molecular complexity index is 711. The van der Waals surface area contributed by atoms with Crippen molar-refractivity contribution in [3.8, 4) is 0 Å². The minimum absolute atomic E-state index is 0. The number of benzene rings is 2. The van der Waals surface area contributed by atoms with Crippen LogP contribution in [0.5, 0.6) is 0 Å². The molecule has 0 radical (unpaired) electrons. The molecule has 2 aromatic carbocycles. The van der Waals surface area contributed by atoms with Gasteiger partial charge in [-0.25, -0.2) is 12.8 Å². The number of hydrogen-bond acceptors (Lipinski definition) is 3. The summed E-state index contributed by atoms with van der Waals surface area (Å²) in [5, 5.41) is 0. The highest BCUT2D eigenvalue weighted by Crippen LogP contribution is 2.19. The van der Waals surface area contributed by atoms with E-state index in [4.69, 9.17) is 5.73 Å². The Hall–Kier alpha value is -1.47. The Morgan fingerprint density at radius 2 is 1.74 bits per heavy atom. The SMILES string of the molecule is Cl.NCCCN(Cc1ccccc1)S(=O)(=O)c1cccc(F)c1. The molecule has 2 rings (SSSR count). The van der Waals surface area contributed by atoms with Crippen LogP contribution >= 0.6 is 12.4 Å². The number of halogens is 2. The summed E-state index contributed by atoms with van der Waals surface area (Å²) in [4.78, 5) is -0.0412. The quantitative estimate of drug-likeness (QED) is 0.827. The Morgan fingerprint density at radius 1 is 1.04 bits per heavy atom. The highest BCUT2D eigenvalue weighted by molar-refractivity contribution is 7.89. The number of nitrogens with zero attached hydrogens (tertiary/aromatic N) is 1. The van der Waals surface area contributed by atoms with Crippen molar-refractivity contribution in [1.29, 1.82) is 0 Å². The van der Waals surface area contributed by atoms with E-state index in [-0.39, 0.29) is 23.8 Å². The van der Waals surface area contributed by atoms with Gasteiger partial charge in [-0.2, -0.15) is 4.31 Å². The van der Waals surface area contributed by atoms with Crippen molar-refractivity contribution in [3.63, 3.8) is 0 Å². The second-order valence-corrected chi connectivity index (χ2v) is 6.86. The maximum Gasteiger partial charge on any atom is 0.243 e. The topological polar surface area (TPSA) is 63.4 Å². The highest BCUT2D eigenvalue weighted by Gasteiger charge is 2.24. The van der Waals surface area contributed by atoms with Gasteiger partial charge in [-0.05, 0) is 36.7 Å². The molecule has 0 aliphatic heterocycles. The molecule has 0 saturated carbocycles. The summed E-state index contributed by atoms with van der Waals surface area (Å²) in [7, 11) is -3.76. The molecule has 0 aliphatic rings. The van der Waals surface area contributed by atoms with Gasteiger partial charge >= 0.3 is 0 Å². The first-order chi connectivity index (χ1) is 10.5. The fraction of sp³-hybridized carbons (Fsp3) is 0.250. The van der Waals surface area contributed by atoms with Crippen LogP contribution in [0.25, 0.3) is 0 Å². The molecule has 0 amide bonds. The lowest BCUT2D eigenvalue weighted by molar-refractivity contribution is 0.401. The maximum absolute atomic E-state index is 13.3. The summed E-state index contributed by atoms with van der Waals surface area (Å²) in [6, 6.07) is 14.3. The zero-order valence-electron chi connectivity index (χ0n) is 12.6. The number of rotatable bonds is 7. The van der Waals surface area contributed by atoms with E-state index in [0.717, 1.165) is 11.6 Å². The minimum atomic E-state index is -3.76. The van der Waals surface area contributed by atoms with Crippen molar-refractivity contribution in [1.82, 2.24) is 4.31 Å². The second-order valence-electron chi connectivity index (χ2n) is 4.92. The molecule has 0 atom stereocenters. The van der Waals surface area contributed by atoms with Gasteiger partial charge in [0.2, 0.25) is 10.0 Å². The van der Waals surface area contributed by atoms with Gasteiger partial charge in [0.05, 0.1) is 4.90 Å². The van der Waals surface area contributed by atoms with Crippen molar-refractivity contribution in [2.24, 2.45) is 5.73 Å². The molecule has 0 aliphatic carbocycles. The summed E-state index contributed by atoms with van der Waals surface area (Å²) in [6.07, 6.45) is 0.543. The lowest BCUT2D eigenvalue weighted by atomic mass is 10.2. The Kier molecular flexibility index (Phi) is 7.64. The number of nitrogens with two attached hydrogens (primary N) is 1. The molecule has 0 heterocycles. The van der Waals surface area contributed by atoms with Crippen LogP contribution in [0.4, 0.5) is 4.39 Å². The smallest absolute Gasteiger partial charge is 0.243 e. The van der Waals surface area contributed by atoms with Gasteiger partial charge in [0.15, 0.2) is 0 Å². The molecule has 0 aromatic heterocycles. The van der Waals surface area contributed by atoms with E-state index in [1.54, 1.807) is 0 Å². The van der Waals surface area contributed by atoms with Crippen molar-refractivity contribution < 1.29 is 12.8 Å². The lowest BCUT2D eigenvalue weighted by Gasteiger charge is -2.22. The normalized spacial score (nSPS) is 11.3. The van der Waals surface area contributed by atoms with Crippen LogP contribution in [0, 0.1) is 5.82 Å². The molecule has 126 valence electrons. The molecular formula is C16H20ClFN2O2S. The standard InChI is InChI=1S/C16H19FN2O2S.ClH/c17-15-8-4-9-16(12-15)22(20,21)19(11-5-10-18)13-14-6-2-1-3-7-14;/h1-4,6-9,12H,5,10-11,13,18H2;1H. The van der Waals surface area contributed by atoms with E-state index >= 15 is 0 Å². The van der Waals surface area contributed by atoms with Gasteiger partial charge in [0, 0.05) is 13.1 Å². The predicted octanol–water partition coefficient (Wildman–Crippen LogP) is 2.79. The van der Waals surface area contributed by atoms with Gasteiger partial charge < -0.3 is 5.73 Å². The van der Waals surface area contributed by atoms with Gasteiger partial charge in [0.25, 0.3) is 0 Å². The molecule has 7 heteroatoms. The fourth-order valence-electron chi connectivity index (χ4n) is 2.12. The predicted molar refractivity (Wildman–Crippen MR) is 91.4 cm³/mol. The lowest BCUT2D eigenvalue weighted by Crippen LogP contribution is -2.32. The van der Waals surface area contributed by atoms with Crippen LogP contribution in [0.1, 0.15) is 12.0 Å². The summed E-state index contributed by atoms with van der Waals surface area (Å²) in [5.41, 5.74) is 6.37.